The lowest BCUT2D eigenvalue weighted by atomic mass is 10.2. The second kappa shape index (κ2) is 5.07. The maximum absolute atomic E-state index is 11.5. The normalized spacial score (nSPS) is 11.1. The average Bonchev–Trinajstić information content (AvgIpc) is 2.46. The summed E-state index contributed by atoms with van der Waals surface area (Å²) >= 11 is 0. The van der Waals surface area contributed by atoms with E-state index in [9.17, 15) is 9.59 Å². The summed E-state index contributed by atoms with van der Waals surface area (Å²) in [4.78, 5) is 22.1. The highest BCUT2D eigenvalue weighted by atomic mass is 16.6. The smallest absolute Gasteiger partial charge is 0.412 e. The molecule has 0 bridgehead atoms. The van der Waals surface area contributed by atoms with Crippen molar-refractivity contribution in [2.45, 2.75) is 39.8 Å². The summed E-state index contributed by atoms with van der Waals surface area (Å²) in [6.07, 6.45) is 0.794. The number of hydrogen-bond donors (Lipinski definition) is 2. The number of nitrogens with one attached hydrogen (secondary N) is 1. The van der Waals surface area contributed by atoms with Gasteiger partial charge in [0.2, 0.25) is 0 Å². The Labute approximate surface area is 105 Å². The topological polar surface area (TPSA) is 93.5 Å². The summed E-state index contributed by atoms with van der Waals surface area (Å²) in [5.74, 6) is -0.995. The third-order valence-corrected chi connectivity index (χ3v) is 2.02. The lowest BCUT2D eigenvalue weighted by Gasteiger charge is -2.19. The summed E-state index contributed by atoms with van der Waals surface area (Å²) in [6, 6.07) is 0. The zero-order valence-electron chi connectivity index (χ0n) is 10.9. The van der Waals surface area contributed by atoms with Crippen LogP contribution in [0.15, 0.2) is 6.20 Å². The molecule has 7 heteroatoms. The number of carbonyl (C=O) groups excluding carboxylic acids is 1. The number of carbonyl (C=O) groups is 2. The highest BCUT2D eigenvalue weighted by molar-refractivity contribution is 5.85. The molecular weight excluding hydrogens is 238 g/mol. The van der Waals surface area contributed by atoms with Crippen LogP contribution in [0.1, 0.15) is 26.5 Å². The van der Waals surface area contributed by atoms with Crippen molar-refractivity contribution in [3.05, 3.63) is 11.9 Å². The summed E-state index contributed by atoms with van der Waals surface area (Å²) in [5.41, 5.74) is 0.406. The van der Waals surface area contributed by atoms with E-state index in [1.165, 1.54) is 10.9 Å². The molecule has 0 aliphatic rings. The van der Waals surface area contributed by atoms with Crippen molar-refractivity contribution < 1.29 is 19.4 Å². The largest absolute Gasteiger partial charge is 0.480 e. The number of aromatic nitrogens is 2. The fourth-order valence-corrected chi connectivity index (χ4v) is 1.27. The monoisotopic (exact) mass is 255 g/mol. The van der Waals surface area contributed by atoms with Gasteiger partial charge in [-0.1, -0.05) is 0 Å². The zero-order valence-corrected chi connectivity index (χ0v) is 10.9. The van der Waals surface area contributed by atoms with Crippen molar-refractivity contribution in [1.29, 1.82) is 0 Å². The van der Waals surface area contributed by atoms with Crippen LogP contribution in [0.5, 0.6) is 0 Å². The van der Waals surface area contributed by atoms with Gasteiger partial charge in [0, 0.05) is 0 Å². The van der Waals surface area contributed by atoms with Crippen molar-refractivity contribution >= 4 is 17.7 Å². The van der Waals surface area contributed by atoms with Crippen LogP contribution in [-0.2, 0) is 16.1 Å². The van der Waals surface area contributed by atoms with Crippen molar-refractivity contribution in [2.24, 2.45) is 0 Å². The van der Waals surface area contributed by atoms with Gasteiger partial charge in [-0.05, 0) is 27.7 Å². The van der Waals surface area contributed by atoms with Gasteiger partial charge in [-0.25, -0.2) is 4.79 Å². The molecule has 0 spiro atoms. The van der Waals surface area contributed by atoms with E-state index in [1.807, 2.05) is 0 Å². The van der Waals surface area contributed by atoms with Crippen LogP contribution in [0.4, 0.5) is 10.5 Å². The molecule has 1 rings (SSSR count). The molecule has 7 nitrogen and oxygen atoms in total. The van der Waals surface area contributed by atoms with Gasteiger partial charge in [0.15, 0.2) is 0 Å². The van der Waals surface area contributed by atoms with Crippen molar-refractivity contribution in [1.82, 2.24) is 9.78 Å². The Morgan fingerprint density at radius 2 is 2.11 bits per heavy atom. The van der Waals surface area contributed by atoms with E-state index in [-0.39, 0.29) is 6.54 Å². The van der Waals surface area contributed by atoms with Gasteiger partial charge in [-0.3, -0.25) is 14.8 Å². The van der Waals surface area contributed by atoms with Crippen molar-refractivity contribution in [2.75, 3.05) is 5.32 Å². The molecule has 1 amide bonds. The molecule has 0 atom stereocenters. The summed E-state index contributed by atoms with van der Waals surface area (Å²) < 4.78 is 6.37. The number of rotatable bonds is 3. The van der Waals surface area contributed by atoms with E-state index in [0.29, 0.717) is 11.4 Å². The van der Waals surface area contributed by atoms with Gasteiger partial charge < -0.3 is 9.84 Å². The average molecular weight is 255 g/mol. The maximum Gasteiger partial charge on any atom is 0.412 e. The molecule has 1 aromatic heterocycles. The molecular formula is C11H17N3O4. The van der Waals surface area contributed by atoms with Crippen LogP contribution < -0.4 is 5.32 Å². The first kappa shape index (κ1) is 14.0. The van der Waals surface area contributed by atoms with Crippen LogP contribution in [0.25, 0.3) is 0 Å². The molecule has 100 valence electrons. The quantitative estimate of drug-likeness (QED) is 0.856. The van der Waals surface area contributed by atoms with E-state index in [2.05, 4.69) is 10.4 Å². The Kier molecular flexibility index (Phi) is 3.95. The Morgan fingerprint density at radius 1 is 1.50 bits per heavy atom. The first-order valence-electron chi connectivity index (χ1n) is 5.43. The number of carboxylic acids is 1. The van der Waals surface area contributed by atoms with Gasteiger partial charge in [0.25, 0.3) is 0 Å². The molecule has 0 saturated carbocycles. The lowest BCUT2D eigenvalue weighted by Crippen LogP contribution is -2.27. The Morgan fingerprint density at radius 3 is 2.61 bits per heavy atom. The highest BCUT2D eigenvalue weighted by Gasteiger charge is 2.18. The number of aliphatic carboxylic acids is 1. The third kappa shape index (κ3) is 4.08. The minimum atomic E-state index is -0.995. The third-order valence-electron chi connectivity index (χ3n) is 2.02. The molecule has 2 N–H and O–H groups in total. The predicted molar refractivity (Wildman–Crippen MR) is 64.5 cm³/mol. The minimum absolute atomic E-state index is 0.248. The minimum Gasteiger partial charge on any atom is -0.480 e. The number of amides is 1. The van der Waals surface area contributed by atoms with Gasteiger partial charge in [-0.15, -0.1) is 0 Å². The standard InChI is InChI=1S/C11H17N3O4/c1-7-8(5-12-14(7)6-9(15)16)13-10(17)18-11(2,3)4/h5H,6H2,1-4H3,(H,13,17)(H,15,16). The van der Waals surface area contributed by atoms with E-state index < -0.39 is 17.7 Å². The molecule has 18 heavy (non-hydrogen) atoms. The number of nitrogens with zero attached hydrogens (tertiary/aromatic N) is 2. The lowest BCUT2D eigenvalue weighted by molar-refractivity contribution is -0.137. The number of anilines is 1. The molecule has 0 radical (unpaired) electrons. The summed E-state index contributed by atoms with van der Waals surface area (Å²) in [5, 5.41) is 15.1. The van der Waals surface area contributed by atoms with E-state index >= 15 is 0 Å². The van der Waals surface area contributed by atoms with E-state index in [4.69, 9.17) is 9.84 Å². The first-order chi connectivity index (χ1) is 8.19. The summed E-state index contributed by atoms with van der Waals surface area (Å²) in [6.45, 7) is 6.69. The molecule has 0 aromatic carbocycles. The van der Waals surface area contributed by atoms with Crippen LogP contribution in [0.2, 0.25) is 0 Å². The molecule has 0 unspecified atom stereocenters. The van der Waals surface area contributed by atoms with Crippen LogP contribution in [-0.4, -0.2) is 32.6 Å². The van der Waals surface area contributed by atoms with Crippen molar-refractivity contribution in [3.8, 4) is 0 Å². The van der Waals surface area contributed by atoms with Gasteiger partial charge in [0.05, 0.1) is 17.6 Å². The van der Waals surface area contributed by atoms with Gasteiger partial charge in [0.1, 0.15) is 12.1 Å². The fourth-order valence-electron chi connectivity index (χ4n) is 1.27. The zero-order chi connectivity index (χ0) is 13.9. The van der Waals surface area contributed by atoms with Crippen LogP contribution >= 0.6 is 0 Å². The SMILES string of the molecule is Cc1c(NC(=O)OC(C)(C)C)cnn1CC(=O)O. The number of carboxylic acid groups (broad SMARTS) is 1. The van der Waals surface area contributed by atoms with Crippen molar-refractivity contribution in [3.63, 3.8) is 0 Å². The summed E-state index contributed by atoms with van der Waals surface area (Å²) in [7, 11) is 0. The second-order valence-corrected chi connectivity index (χ2v) is 4.82. The Hall–Kier alpha value is -2.05. The Balaban J connectivity index is 2.71. The molecule has 0 aliphatic carbocycles. The van der Waals surface area contributed by atoms with E-state index in [1.54, 1.807) is 27.7 Å². The first-order valence-corrected chi connectivity index (χ1v) is 5.43. The molecule has 0 fully saturated rings. The highest BCUT2D eigenvalue weighted by Crippen LogP contribution is 2.15. The Bertz CT molecular complexity index is 459. The molecule has 0 aliphatic heterocycles. The van der Waals surface area contributed by atoms with Crippen LogP contribution in [0.3, 0.4) is 0 Å². The van der Waals surface area contributed by atoms with Crippen LogP contribution in [0, 0.1) is 6.92 Å². The maximum atomic E-state index is 11.5. The van der Waals surface area contributed by atoms with Gasteiger partial charge in [-0.2, -0.15) is 5.10 Å². The molecule has 1 aromatic rings. The fraction of sp³-hybridized carbons (Fsp3) is 0.545. The predicted octanol–water partition coefficient (Wildman–Crippen LogP) is 1.62. The second-order valence-electron chi connectivity index (χ2n) is 4.82. The molecule has 0 saturated heterocycles. The van der Waals surface area contributed by atoms with E-state index in [0.717, 1.165) is 0 Å². The number of hydrogen-bond acceptors (Lipinski definition) is 4. The van der Waals surface area contributed by atoms with Gasteiger partial charge >= 0.3 is 12.1 Å². The molecule has 1 heterocycles. The number of ether oxygens (including phenoxy) is 1.